The highest BCUT2D eigenvalue weighted by Gasteiger charge is 2.13. The number of ether oxygens (including phenoxy) is 2. The van der Waals surface area contributed by atoms with Gasteiger partial charge in [0.25, 0.3) is 5.91 Å². The normalized spacial score (nSPS) is 10.7. The highest BCUT2D eigenvalue weighted by molar-refractivity contribution is 7.13. The zero-order valence-corrected chi connectivity index (χ0v) is 17.1. The van der Waals surface area contributed by atoms with Crippen molar-refractivity contribution in [2.24, 2.45) is 0 Å². The van der Waals surface area contributed by atoms with Gasteiger partial charge in [-0.1, -0.05) is 25.5 Å². The molecule has 0 atom stereocenters. The Morgan fingerprint density at radius 1 is 1.11 bits per heavy atom. The molecule has 0 aliphatic carbocycles. The average Bonchev–Trinajstić information content (AvgIpc) is 3.16. The number of thiazole rings is 1. The Morgan fingerprint density at radius 2 is 1.86 bits per heavy atom. The largest absolute Gasteiger partial charge is 0.491 e. The minimum Gasteiger partial charge on any atom is -0.491 e. The van der Waals surface area contributed by atoms with Gasteiger partial charge in [-0.3, -0.25) is 10.1 Å². The lowest BCUT2D eigenvalue weighted by Crippen LogP contribution is -2.13. The van der Waals surface area contributed by atoms with E-state index >= 15 is 0 Å². The van der Waals surface area contributed by atoms with Crippen molar-refractivity contribution in [3.63, 3.8) is 0 Å². The highest BCUT2D eigenvalue weighted by Crippen LogP contribution is 2.29. The first-order valence-electron chi connectivity index (χ1n) is 9.33. The first-order chi connectivity index (χ1) is 13.5. The van der Waals surface area contributed by atoms with Gasteiger partial charge in [0.05, 0.1) is 6.10 Å². The maximum Gasteiger partial charge on any atom is 0.257 e. The summed E-state index contributed by atoms with van der Waals surface area (Å²) < 4.78 is 11.8. The van der Waals surface area contributed by atoms with Gasteiger partial charge >= 0.3 is 0 Å². The summed E-state index contributed by atoms with van der Waals surface area (Å²) >= 11 is 1.37. The van der Waals surface area contributed by atoms with Crippen molar-refractivity contribution in [2.45, 2.75) is 39.7 Å². The highest BCUT2D eigenvalue weighted by atomic mass is 32.1. The zero-order valence-electron chi connectivity index (χ0n) is 16.3. The Bertz CT molecular complexity index is 906. The molecule has 0 saturated heterocycles. The van der Waals surface area contributed by atoms with Crippen LogP contribution < -0.4 is 14.8 Å². The second kappa shape index (κ2) is 9.37. The maximum absolute atomic E-state index is 12.6. The van der Waals surface area contributed by atoms with Crippen LogP contribution in [0.5, 0.6) is 17.2 Å². The molecular weight excluding hydrogens is 372 g/mol. The van der Waals surface area contributed by atoms with Crippen LogP contribution >= 0.6 is 11.3 Å². The molecule has 0 spiro atoms. The van der Waals surface area contributed by atoms with E-state index in [0.717, 1.165) is 12.8 Å². The number of carbonyl (C=O) groups is 1. The molecule has 1 heterocycles. The molecule has 0 unspecified atom stereocenters. The molecule has 146 valence electrons. The first kappa shape index (κ1) is 19.9. The van der Waals surface area contributed by atoms with E-state index in [1.165, 1.54) is 16.9 Å². The number of nitrogens with zero attached hydrogens (tertiary/aromatic N) is 1. The third kappa shape index (κ3) is 5.57. The third-order valence-electron chi connectivity index (χ3n) is 3.86. The molecular formula is C22H24N2O3S. The van der Waals surface area contributed by atoms with Crippen LogP contribution in [0.4, 0.5) is 5.13 Å². The van der Waals surface area contributed by atoms with Crippen molar-refractivity contribution in [3.05, 3.63) is 65.2 Å². The predicted octanol–water partition coefficient (Wildman–Crippen LogP) is 5.93. The summed E-state index contributed by atoms with van der Waals surface area (Å²) in [5, 5.41) is 5.15. The fourth-order valence-electron chi connectivity index (χ4n) is 2.71. The Morgan fingerprint density at radius 3 is 2.50 bits per heavy atom. The summed E-state index contributed by atoms with van der Waals surface area (Å²) in [6.45, 7) is 6.04. The van der Waals surface area contributed by atoms with E-state index in [2.05, 4.69) is 29.4 Å². The van der Waals surface area contributed by atoms with E-state index in [0.29, 0.717) is 27.9 Å². The lowest BCUT2D eigenvalue weighted by molar-refractivity contribution is 0.102. The predicted molar refractivity (Wildman–Crippen MR) is 113 cm³/mol. The molecule has 0 aliphatic rings. The molecule has 28 heavy (non-hydrogen) atoms. The average molecular weight is 397 g/mol. The number of hydrogen-bond acceptors (Lipinski definition) is 5. The van der Waals surface area contributed by atoms with Crippen molar-refractivity contribution < 1.29 is 14.3 Å². The number of hydrogen-bond donors (Lipinski definition) is 1. The summed E-state index contributed by atoms with van der Waals surface area (Å²) in [7, 11) is 0. The van der Waals surface area contributed by atoms with Crippen LogP contribution in [0.1, 0.15) is 43.1 Å². The molecule has 0 fully saturated rings. The number of aromatic nitrogens is 1. The van der Waals surface area contributed by atoms with Gasteiger partial charge in [-0.15, -0.1) is 11.3 Å². The van der Waals surface area contributed by atoms with Crippen LogP contribution in [0.25, 0.3) is 0 Å². The lowest BCUT2D eigenvalue weighted by Gasteiger charge is -2.14. The second-order valence-corrected chi connectivity index (χ2v) is 7.54. The van der Waals surface area contributed by atoms with Crippen LogP contribution in [-0.2, 0) is 6.42 Å². The van der Waals surface area contributed by atoms with E-state index in [1.54, 1.807) is 24.4 Å². The van der Waals surface area contributed by atoms with Gasteiger partial charge in [0, 0.05) is 23.2 Å². The van der Waals surface area contributed by atoms with Crippen LogP contribution in [0.15, 0.2) is 54.0 Å². The molecule has 1 aromatic heterocycles. The summed E-state index contributed by atoms with van der Waals surface area (Å²) in [6, 6.07) is 13.2. The zero-order chi connectivity index (χ0) is 19.9. The Kier molecular flexibility index (Phi) is 6.66. The van der Waals surface area contributed by atoms with Crippen molar-refractivity contribution in [2.75, 3.05) is 5.32 Å². The fraction of sp³-hybridized carbons (Fsp3) is 0.273. The second-order valence-electron chi connectivity index (χ2n) is 6.65. The Hall–Kier alpha value is -2.86. The summed E-state index contributed by atoms with van der Waals surface area (Å²) in [4.78, 5) is 16.7. The van der Waals surface area contributed by atoms with Gasteiger partial charge in [0.2, 0.25) is 0 Å². The molecule has 0 bridgehead atoms. The van der Waals surface area contributed by atoms with Crippen molar-refractivity contribution >= 4 is 22.4 Å². The van der Waals surface area contributed by atoms with Gasteiger partial charge in [-0.2, -0.15) is 0 Å². The monoisotopic (exact) mass is 396 g/mol. The van der Waals surface area contributed by atoms with Crippen molar-refractivity contribution in [1.82, 2.24) is 4.98 Å². The van der Waals surface area contributed by atoms with Gasteiger partial charge in [0.15, 0.2) is 5.13 Å². The first-order valence-corrected chi connectivity index (χ1v) is 10.2. The standard InChI is InChI=1S/C22H24N2O3S/c1-4-5-16-6-8-18(9-7-16)27-20-13-17(12-19(14-20)26-15(2)3)21(25)24-22-23-10-11-28-22/h6-15H,4-5H2,1-3H3,(H,23,24,25). The number of aryl methyl sites for hydroxylation is 1. The SMILES string of the molecule is CCCc1ccc(Oc2cc(OC(C)C)cc(C(=O)Nc3nccs3)c2)cc1. The smallest absolute Gasteiger partial charge is 0.257 e. The minimum atomic E-state index is -0.257. The molecule has 0 saturated carbocycles. The lowest BCUT2D eigenvalue weighted by atomic mass is 10.1. The number of amides is 1. The van der Waals surface area contributed by atoms with E-state index < -0.39 is 0 Å². The van der Waals surface area contributed by atoms with Gasteiger partial charge < -0.3 is 9.47 Å². The van der Waals surface area contributed by atoms with Crippen LogP contribution in [0.3, 0.4) is 0 Å². The Labute approximate surface area is 169 Å². The molecule has 3 aromatic rings. The van der Waals surface area contributed by atoms with E-state index in [4.69, 9.17) is 9.47 Å². The summed E-state index contributed by atoms with van der Waals surface area (Å²) in [5.41, 5.74) is 1.72. The summed E-state index contributed by atoms with van der Waals surface area (Å²) in [6.07, 6.45) is 3.78. The molecule has 5 nitrogen and oxygen atoms in total. The molecule has 0 radical (unpaired) electrons. The topological polar surface area (TPSA) is 60.5 Å². The number of nitrogens with one attached hydrogen (secondary N) is 1. The number of rotatable bonds is 8. The molecule has 2 aromatic carbocycles. The maximum atomic E-state index is 12.6. The molecule has 1 N–H and O–H groups in total. The van der Waals surface area contributed by atoms with Gasteiger partial charge in [-0.05, 0) is 50.1 Å². The quantitative estimate of drug-likeness (QED) is 0.513. The molecule has 1 amide bonds. The van der Waals surface area contributed by atoms with Crippen molar-refractivity contribution in [1.29, 1.82) is 0 Å². The van der Waals surface area contributed by atoms with Crippen molar-refractivity contribution in [3.8, 4) is 17.2 Å². The third-order valence-corrected chi connectivity index (χ3v) is 4.55. The van der Waals surface area contributed by atoms with Crippen LogP contribution in [-0.4, -0.2) is 17.0 Å². The van der Waals surface area contributed by atoms with Gasteiger partial charge in [0.1, 0.15) is 17.2 Å². The molecule has 3 rings (SSSR count). The fourth-order valence-corrected chi connectivity index (χ4v) is 3.23. The van der Waals surface area contributed by atoms with Gasteiger partial charge in [-0.25, -0.2) is 4.98 Å². The Balaban J connectivity index is 1.83. The number of carbonyl (C=O) groups excluding carboxylic acids is 1. The minimum absolute atomic E-state index is 0.0153. The van der Waals surface area contributed by atoms with Crippen LogP contribution in [0.2, 0.25) is 0 Å². The summed E-state index contributed by atoms with van der Waals surface area (Å²) in [5.74, 6) is 1.59. The van der Waals surface area contributed by atoms with E-state index in [-0.39, 0.29) is 12.0 Å². The molecule has 0 aliphatic heterocycles. The molecule has 6 heteroatoms. The number of anilines is 1. The van der Waals surface area contributed by atoms with E-state index in [1.807, 2.05) is 31.4 Å². The van der Waals surface area contributed by atoms with E-state index in [9.17, 15) is 4.79 Å². The number of benzene rings is 2. The van der Waals surface area contributed by atoms with Crippen LogP contribution in [0, 0.1) is 0 Å².